The minimum Gasteiger partial charge on any atom is -0.394 e. The Hall–Kier alpha value is -1.44. The van der Waals surface area contributed by atoms with Gasteiger partial charge in [0.05, 0.1) is 12.7 Å². The molecule has 0 saturated carbocycles. The molecule has 0 bridgehead atoms. The lowest BCUT2D eigenvalue weighted by Crippen LogP contribution is -2.33. The van der Waals surface area contributed by atoms with Crippen LogP contribution >= 0.6 is 0 Å². The van der Waals surface area contributed by atoms with Gasteiger partial charge < -0.3 is 14.9 Å². The number of hydrogen-bond acceptors (Lipinski definition) is 5. The summed E-state index contributed by atoms with van der Waals surface area (Å²) in [6.07, 6.45) is -0.581. The number of aromatic nitrogens is 2. The third-order valence-corrected chi connectivity index (χ3v) is 2.84. The van der Waals surface area contributed by atoms with E-state index in [0.717, 1.165) is 0 Å². The van der Waals surface area contributed by atoms with Crippen LogP contribution < -0.4 is 11.2 Å². The molecule has 1 aliphatic rings. The average Bonchev–Trinajstić information content (AvgIpc) is 2.65. The Morgan fingerprint density at radius 3 is 2.88 bits per heavy atom. The fourth-order valence-electron chi connectivity index (χ4n) is 1.85. The Morgan fingerprint density at radius 2 is 2.29 bits per heavy atom. The van der Waals surface area contributed by atoms with Gasteiger partial charge >= 0.3 is 5.69 Å². The number of aliphatic hydroxyl groups is 2. The van der Waals surface area contributed by atoms with Crippen LogP contribution in [-0.4, -0.2) is 38.6 Å². The van der Waals surface area contributed by atoms with Crippen LogP contribution in [0, 0.1) is 6.92 Å². The van der Waals surface area contributed by atoms with Gasteiger partial charge in [0.15, 0.2) is 0 Å². The van der Waals surface area contributed by atoms with Crippen molar-refractivity contribution in [1.82, 2.24) is 9.55 Å². The molecule has 1 fully saturated rings. The molecule has 0 spiro atoms. The summed E-state index contributed by atoms with van der Waals surface area (Å²) >= 11 is 0. The maximum absolute atomic E-state index is 11.6. The van der Waals surface area contributed by atoms with E-state index in [4.69, 9.17) is 9.84 Å². The molecule has 1 saturated heterocycles. The van der Waals surface area contributed by atoms with Crippen LogP contribution in [-0.2, 0) is 4.74 Å². The summed E-state index contributed by atoms with van der Waals surface area (Å²) in [5, 5.41) is 18.5. The molecule has 2 rings (SSSR count). The van der Waals surface area contributed by atoms with Crippen LogP contribution in [0.25, 0.3) is 0 Å². The van der Waals surface area contributed by atoms with E-state index in [2.05, 4.69) is 4.98 Å². The minimum absolute atomic E-state index is 0.205. The normalized spacial score (nSPS) is 28.5. The molecule has 17 heavy (non-hydrogen) atoms. The standard InChI is InChI=1S/C10H14N2O5/c1-5-3-12(10(16)11-9(5)15)8-2-6(14)7(4-13)17-8/h3,6-8,13-14H,2,4H2,1H3,(H,11,15,16)/t6?,7-,8-/m1/s1/i1-1. The zero-order valence-electron chi connectivity index (χ0n) is 9.29. The average molecular weight is 241 g/mol. The lowest BCUT2D eigenvalue weighted by molar-refractivity contribution is -0.0459. The zero-order valence-corrected chi connectivity index (χ0v) is 9.29. The number of hydrogen-bond donors (Lipinski definition) is 3. The summed E-state index contributed by atoms with van der Waals surface area (Å²) in [5.41, 5.74) is -0.643. The summed E-state index contributed by atoms with van der Waals surface area (Å²) < 4.78 is 6.54. The Labute approximate surface area is 96.3 Å². The predicted molar refractivity (Wildman–Crippen MR) is 57.7 cm³/mol. The van der Waals surface area contributed by atoms with Gasteiger partial charge in [-0.1, -0.05) is 0 Å². The number of aromatic amines is 1. The third kappa shape index (κ3) is 2.17. The number of nitrogens with zero attached hydrogens (tertiary/aromatic N) is 1. The maximum Gasteiger partial charge on any atom is 0.330 e. The van der Waals surface area contributed by atoms with E-state index in [0.29, 0.717) is 5.56 Å². The fourth-order valence-corrected chi connectivity index (χ4v) is 1.85. The molecule has 0 aliphatic carbocycles. The lowest BCUT2D eigenvalue weighted by Gasteiger charge is -2.14. The number of ether oxygens (including phenoxy) is 1. The minimum atomic E-state index is -0.816. The van der Waals surface area contributed by atoms with Gasteiger partial charge in [0.2, 0.25) is 0 Å². The van der Waals surface area contributed by atoms with E-state index in [1.165, 1.54) is 10.8 Å². The van der Waals surface area contributed by atoms with Crippen molar-refractivity contribution in [1.29, 1.82) is 0 Å². The highest BCUT2D eigenvalue weighted by molar-refractivity contribution is 5.02. The van der Waals surface area contributed by atoms with E-state index in [9.17, 15) is 14.7 Å². The molecule has 1 aromatic rings. The molecule has 3 N–H and O–H groups in total. The van der Waals surface area contributed by atoms with E-state index in [1.54, 1.807) is 6.92 Å². The first-order chi connectivity index (χ1) is 8.02. The summed E-state index contributed by atoms with van der Waals surface area (Å²) in [6, 6.07) is 0. The molecule has 3 atom stereocenters. The van der Waals surface area contributed by atoms with Gasteiger partial charge in [-0.2, -0.15) is 0 Å². The Kier molecular flexibility index (Phi) is 3.14. The highest BCUT2D eigenvalue weighted by Gasteiger charge is 2.34. The molecule has 0 aromatic carbocycles. The van der Waals surface area contributed by atoms with Gasteiger partial charge in [0, 0.05) is 18.2 Å². The monoisotopic (exact) mass is 241 g/mol. The van der Waals surface area contributed by atoms with Crippen molar-refractivity contribution in [3.63, 3.8) is 0 Å². The van der Waals surface area contributed by atoms with E-state index >= 15 is 0 Å². The number of rotatable bonds is 2. The van der Waals surface area contributed by atoms with Crippen LogP contribution in [0.5, 0.6) is 0 Å². The smallest absolute Gasteiger partial charge is 0.330 e. The van der Waals surface area contributed by atoms with Gasteiger partial charge in [-0.05, 0) is 6.92 Å². The third-order valence-electron chi connectivity index (χ3n) is 2.84. The maximum atomic E-state index is 11.6. The number of aliphatic hydroxyl groups excluding tert-OH is 2. The topological polar surface area (TPSA) is 105 Å². The second kappa shape index (κ2) is 4.44. The van der Waals surface area contributed by atoms with Crippen molar-refractivity contribution in [2.45, 2.75) is 31.8 Å². The second-order valence-electron chi connectivity index (χ2n) is 4.09. The molecule has 7 nitrogen and oxygen atoms in total. The highest BCUT2D eigenvalue weighted by atomic mass is 16.5. The number of aryl methyl sites for hydroxylation is 1. The molecule has 0 radical (unpaired) electrons. The molecule has 94 valence electrons. The van der Waals surface area contributed by atoms with Crippen molar-refractivity contribution in [2.75, 3.05) is 6.61 Å². The second-order valence-corrected chi connectivity index (χ2v) is 4.09. The van der Waals surface area contributed by atoms with Crippen molar-refractivity contribution in [3.8, 4) is 0 Å². The first-order valence-corrected chi connectivity index (χ1v) is 5.29. The van der Waals surface area contributed by atoms with Crippen molar-refractivity contribution in [3.05, 3.63) is 32.6 Å². The number of H-pyrrole nitrogens is 1. The van der Waals surface area contributed by atoms with Crippen molar-refractivity contribution >= 4 is 0 Å². The van der Waals surface area contributed by atoms with Crippen LogP contribution in [0.4, 0.5) is 0 Å². The molecule has 1 aromatic heterocycles. The van der Waals surface area contributed by atoms with E-state index in [-0.39, 0.29) is 13.0 Å². The van der Waals surface area contributed by atoms with Gasteiger partial charge in [0.1, 0.15) is 12.3 Å². The molecule has 1 unspecified atom stereocenters. The van der Waals surface area contributed by atoms with Crippen LogP contribution in [0.1, 0.15) is 18.2 Å². The first-order valence-electron chi connectivity index (χ1n) is 5.29. The fraction of sp³-hybridized carbons (Fsp3) is 0.600. The van der Waals surface area contributed by atoms with E-state index in [1.807, 2.05) is 0 Å². The molecular weight excluding hydrogens is 227 g/mol. The largest absolute Gasteiger partial charge is 0.394 e. The van der Waals surface area contributed by atoms with Crippen LogP contribution in [0.3, 0.4) is 0 Å². The molecule has 1 aliphatic heterocycles. The Morgan fingerprint density at radius 1 is 1.59 bits per heavy atom. The SMILES string of the molecule is [11CH3]c1cn([C@H]2CC(O)[C@@H](CO)O2)c(=O)[nH]c1=O. The van der Waals surface area contributed by atoms with Gasteiger partial charge in [0.25, 0.3) is 5.56 Å². The van der Waals surface area contributed by atoms with Gasteiger partial charge in [-0.25, -0.2) is 4.79 Å². The summed E-state index contributed by atoms with van der Waals surface area (Å²) in [6.45, 7) is 1.26. The summed E-state index contributed by atoms with van der Waals surface area (Å²) in [5.74, 6) is 0. The predicted octanol–water partition coefficient (Wildman–Crippen LogP) is -1.51. The summed E-state index contributed by atoms with van der Waals surface area (Å²) in [4.78, 5) is 24.9. The van der Waals surface area contributed by atoms with Gasteiger partial charge in [-0.15, -0.1) is 0 Å². The Bertz CT molecular complexity index is 520. The lowest BCUT2D eigenvalue weighted by atomic mass is 10.1. The quantitative estimate of drug-likeness (QED) is 0.583. The van der Waals surface area contributed by atoms with Gasteiger partial charge in [-0.3, -0.25) is 14.3 Å². The summed E-state index contributed by atoms with van der Waals surface area (Å²) in [7, 11) is 0. The first kappa shape index (κ1) is 12.0. The van der Waals surface area contributed by atoms with Crippen LogP contribution in [0.15, 0.2) is 15.8 Å². The van der Waals surface area contributed by atoms with Crippen molar-refractivity contribution < 1.29 is 14.9 Å². The Balaban J connectivity index is 2.34. The zero-order chi connectivity index (χ0) is 12.6. The molecule has 2 heterocycles. The molecular formula is C10H14N2O5. The van der Waals surface area contributed by atoms with Crippen molar-refractivity contribution in [2.24, 2.45) is 0 Å². The highest BCUT2D eigenvalue weighted by Crippen LogP contribution is 2.27. The molecule has 7 heteroatoms. The van der Waals surface area contributed by atoms with Crippen LogP contribution in [0.2, 0.25) is 0 Å². The van der Waals surface area contributed by atoms with E-state index < -0.39 is 29.7 Å². The molecule has 0 amide bonds. The number of nitrogens with one attached hydrogen (secondary N) is 1.